The zero-order valence-corrected chi connectivity index (χ0v) is 11.5. The van der Waals surface area contributed by atoms with Gasteiger partial charge in [0.05, 0.1) is 30.9 Å². The van der Waals surface area contributed by atoms with Crippen LogP contribution in [0.3, 0.4) is 0 Å². The smallest absolute Gasteiger partial charge is 0.276 e. The average Bonchev–Trinajstić information content (AvgIpc) is 3.05. The van der Waals surface area contributed by atoms with Crippen molar-refractivity contribution < 1.29 is 14.1 Å². The maximum Gasteiger partial charge on any atom is 0.276 e. The Morgan fingerprint density at radius 3 is 3.05 bits per heavy atom. The zero-order chi connectivity index (χ0) is 14.1. The van der Waals surface area contributed by atoms with Crippen LogP contribution in [-0.4, -0.2) is 39.2 Å². The van der Waals surface area contributed by atoms with Crippen molar-refractivity contribution in [3.8, 4) is 0 Å². The monoisotopic (exact) mass is 276 g/mol. The van der Waals surface area contributed by atoms with Gasteiger partial charge in [0.1, 0.15) is 5.76 Å². The van der Waals surface area contributed by atoms with Crippen LogP contribution in [0.4, 0.5) is 0 Å². The molecule has 0 atom stereocenters. The van der Waals surface area contributed by atoms with E-state index < -0.39 is 0 Å². The molecule has 0 saturated heterocycles. The fraction of sp³-hybridized carbons (Fsp3) is 0.462. The first kappa shape index (κ1) is 12.9. The molecule has 1 amide bonds. The van der Waals surface area contributed by atoms with Crippen molar-refractivity contribution in [3.05, 3.63) is 35.2 Å². The zero-order valence-electron chi connectivity index (χ0n) is 11.5. The first-order valence-electron chi connectivity index (χ1n) is 6.43. The molecule has 0 fully saturated rings. The number of fused-ring (bicyclic) bond motifs is 1. The summed E-state index contributed by atoms with van der Waals surface area (Å²) >= 11 is 0. The molecule has 7 nitrogen and oxygen atoms in total. The van der Waals surface area contributed by atoms with Crippen LogP contribution < -0.4 is 0 Å². The number of carbonyl (C=O) groups is 1. The molecule has 0 bridgehead atoms. The molecule has 1 aliphatic heterocycles. The summed E-state index contributed by atoms with van der Waals surface area (Å²) < 4.78 is 12.1. The van der Waals surface area contributed by atoms with Gasteiger partial charge in [-0.2, -0.15) is 0 Å². The molecule has 0 aromatic carbocycles. The minimum atomic E-state index is -0.113. The standard InChI is InChI=1S/C13H16N4O3/c1-9-5-10(15-20-9)13(18)16-3-4-17-8-14-11(7-19-2)12(17)6-16/h5,8H,3-4,6-7H2,1-2H3. The van der Waals surface area contributed by atoms with Crippen molar-refractivity contribution in [2.24, 2.45) is 0 Å². The Morgan fingerprint density at radius 2 is 2.35 bits per heavy atom. The van der Waals surface area contributed by atoms with E-state index >= 15 is 0 Å². The number of amides is 1. The first-order chi connectivity index (χ1) is 9.69. The minimum absolute atomic E-state index is 0.113. The SMILES string of the molecule is COCc1ncn2c1CN(C(=O)c1cc(C)on1)CC2. The van der Waals surface area contributed by atoms with Gasteiger partial charge in [0, 0.05) is 26.3 Å². The summed E-state index contributed by atoms with van der Waals surface area (Å²) in [6, 6.07) is 1.66. The lowest BCUT2D eigenvalue weighted by molar-refractivity contribution is 0.0697. The lowest BCUT2D eigenvalue weighted by Gasteiger charge is -2.28. The quantitative estimate of drug-likeness (QED) is 0.835. The summed E-state index contributed by atoms with van der Waals surface area (Å²) in [6.07, 6.45) is 1.80. The molecular weight excluding hydrogens is 260 g/mol. The highest BCUT2D eigenvalue weighted by molar-refractivity contribution is 5.92. The van der Waals surface area contributed by atoms with Crippen molar-refractivity contribution in [3.63, 3.8) is 0 Å². The van der Waals surface area contributed by atoms with Gasteiger partial charge in [-0.15, -0.1) is 0 Å². The molecule has 0 N–H and O–H groups in total. The minimum Gasteiger partial charge on any atom is -0.378 e. The van der Waals surface area contributed by atoms with E-state index in [1.165, 1.54) is 0 Å². The fourth-order valence-corrected chi connectivity index (χ4v) is 2.37. The van der Waals surface area contributed by atoms with Crippen molar-refractivity contribution in [2.45, 2.75) is 26.6 Å². The predicted octanol–water partition coefficient (Wildman–Crippen LogP) is 0.982. The molecule has 3 heterocycles. The topological polar surface area (TPSA) is 73.4 Å². The van der Waals surface area contributed by atoms with E-state index in [4.69, 9.17) is 9.26 Å². The van der Waals surface area contributed by atoms with Gasteiger partial charge in [0.25, 0.3) is 5.91 Å². The van der Waals surface area contributed by atoms with Gasteiger partial charge in [-0.3, -0.25) is 4.79 Å². The van der Waals surface area contributed by atoms with Crippen LogP contribution in [0.5, 0.6) is 0 Å². The Labute approximate surface area is 116 Å². The van der Waals surface area contributed by atoms with Crippen LogP contribution in [0.2, 0.25) is 0 Å². The van der Waals surface area contributed by atoms with Crippen LogP contribution in [-0.2, 0) is 24.4 Å². The lowest BCUT2D eigenvalue weighted by Crippen LogP contribution is -2.38. The Hall–Kier alpha value is -2.15. The number of aryl methyl sites for hydroxylation is 1. The predicted molar refractivity (Wildman–Crippen MR) is 68.9 cm³/mol. The molecule has 2 aromatic rings. The van der Waals surface area contributed by atoms with Crippen molar-refractivity contribution in [1.29, 1.82) is 0 Å². The second-order valence-electron chi connectivity index (χ2n) is 4.81. The van der Waals surface area contributed by atoms with Crippen LogP contribution in [0.25, 0.3) is 0 Å². The molecule has 106 valence electrons. The summed E-state index contributed by atoms with van der Waals surface area (Å²) in [4.78, 5) is 18.4. The van der Waals surface area contributed by atoms with Gasteiger partial charge in [-0.25, -0.2) is 4.98 Å². The van der Waals surface area contributed by atoms with E-state index in [-0.39, 0.29) is 5.91 Å². The molecule has 3 rings (SSSR count). The third-order valence-corrected chi connectivity index (χ3v) is 3.40. The number of methoxy groups -OCH3 is 1. The fourth-order valence-electron chi connectivity index (χ4n) is 2.37. The second-order valence-corrected chi connectivity index (χ2v) is 4.81. The van der Waals surface area contributed by atoms with Gasteiger partial charge < -0.3 is 18.7 Å². The summed E-state index contributed by atoms with van der Waals surface area (Å²) in [7, 11) is 1.63. The number of rotatable bonds is 3. The molecule has 0 radical (unpaired) electrons. The number of nitrogens with zero attached hydrogens (tertiary/aromatic N) is 4. The summed E-state index contributed by atoms with van der Waals surface area (Å²) in [5.41, 5.74) is 2.25. The highest BCUT2D eigenvalue weighted by Crippen LogP contribution is 2.18. The van der Waals surface area contributed by atoms with Crippen LogP contribution in [0.15, 0.2) is 16.9 Å². The van der Waals surface area contributed by atoms with Crippen molar-refractivity contribution in [2.75, 3.05) is 13.7 Å². The van der Waals surface area contributed by atoms with E-state index in [1.807, 2.05) is 0 Å². The molecular formula is C13H16N4O3. The third-order valence-electron chi connectivity index (χ3n) is 3.40. The van der Waals surface area contributed by atoms with Gasteiger partial charge in [0.15, 0.2) is 5.69 Å². The second kappa shape index (κ2) is 5.09. The molecule has 0 spiro atoms. The summed E-state index contributed by atoms with van der Waals surface area (Å²) in [5, 5.41) is 3.78. The molecule has 2 aromatic heterocycles. The largest absolute Gasteiger partial charge is 0.378 e. The Bertz CT molecular complexity index is 631. The summed E-state index contributed by atoms with van der Waals surface area (Å²) in [6.45, 7) is 4.11. The Morgan fingerprint density at radius 1 is 1.50 bits per heavy atom. The number of hydrogen-bond acceptors (Lipinski definition) is 5. The molecule has 0 unspecified atom stereocenters. The van der Waals surface area contributed by atoms with Crippen molar-refractivity contribution >= 4 is 5.91 Å². The molecule has 0 saturated carbocycles. The van der Waals surface area contributed by atoms with E-state index in [9.17, 15) is 4.79 Å². The van der Waals surface area contributed by atoms with Crippen LogP contribution in [0.1, 0.15) is 27.6 Å². The van der Waals surface area contributed by atoms with Gasteiger partial charge in [-0.1, -0.05) is 5.16 Å². The number of ether oxygens (including phenoxy) is 1. The third kappa shape index (κ3) is 2.20. The maximum atomic E-state index is 12.4. The molecule has 7 heteroatoms. The molecule has 20 heavy (non-hydrogen) atoms. The molecule has 1 aliphatic rings. The normalized spacial score (nSPS) is 14.4. The van der Waals surface area contributed by atoms with E-state index in [0.717, 1.165) is 17.9 Å². The van der Waals surface area contributed by atoms with Crippen molar-refractivity contribution in [1.82, 2.24) is 19.6 Å². The summed E-state index contributed by atoms with van der Waals surface area (Å²) in [5.74, 6) is 0.521. The first-order valence-corrected chi connectivity index (χ1v) is 6.43. The maximum absolute atomic E-state index is 12.4. The van der Waals surface area contributed by atoms with Crippen LogP contribution >= 0.6 is 0 Å². The molecule has 0 aliphatic carbocycles. The highest BCUT2D eigenvalue weighted by atomic mass is 16.5. The average molecular weight is 276 g/mol. The number of aromatic nitrogens is 3. The van der Waals surface area contributed by atoms with E-state index in [0.29, 0.717) is 31.2 Å². The van der Waals surface area contributed by atoms with E-state index in [2.05, 4.69) is 14.7 Å². The number of carbonyl (C=O) groups excluding carboxylic acids is 1. The number of imidazole rings is 1. The number of hydrogen-bond donors (Lipinski definition) is 0. The van der Waals surface area contributed by atoms with Crippen LogP contribution in [0, 0.1) is 6.92 Å². The van der Waals surface area contributed by atoms with Gasteiger partial charge in [0.2, 0.25) is 0 Å². The van der Waals surface area contributed by atoms with Gasteiger partial charge in [-0.05, 0) is 6.92 Å². The van der Waals surface area contributed by atoms with Gasteiger partial charge >= 0.3 is 0 Å². The lowest BCUT2D eigenvalue weighted by atomic mass is 10.2. The highest BCUT2D eigenvalue weighted by Gasteiger charge is 2.26. The van der Waals surface area contributed by atoms with E-state index in [1.54, 1.807) is 31.3 Å². The Balaban J connectivity index is 1.80. The Kier molecular flexibility index (Phi) is 3.27.